The molecule has 4 rings (SSSR count). The molecule has 0 amide bonds. The van der Waals surface area contributed by atoms with Gasteiger partial charge in [0.2, 0.25) is 0 Å². The molecular weight excluding hydrogens is 510 g/mol. The van der Waals surface area contributed by atoms with E-state index in [9.17, 15) is 0 Å². The predicted octanol–water partition coefficient (Wildman–Crippen LogP) is 11.1. The van der Waals surface area contributed by atoms with Gasteiger partial charge in [-0.15, -0.1) is 0 Å². The van der Waals surface area contributed by atoms with Crippen molar-refractivity contribution in [3.05, 3.63) is 107 Å². The highest BCUT2D eigenvalue weighted by molar-refractivity contribution is 6.34. The van der Waals surface area contributed by atoms with Crippen molar-refractivity contribution in [1.29, 1.82) is 0 Å². The molecule has 0 aliphatic heterocycles. The largest absolute Gasteiger partial charge is 0.497 e. The van der Waals surface area contributed by atoms with Gasteiger partial charge in [0.1, 0.15) is 5.75 Å². The normalized spacial score (nSPS) is 11.7. The Hall–Kier alpha value is -3.23. The number of ether oxygens (including phenoxy) is 1. The van der Waals surface area contributed by atoms with Crippen LogP contribution in [-0.4, -0.2) is 11.7 Å². The number of hydrogen-bond donors (Lipinski definition) is 0. The number of benzene rings is 3. The number of halogens is 1. The van der Waals surface area contributed by atoms with Crippen molar-refractivity contribution in [3.8, 4) is 16.9 Å². The molecule has 1 heterocycles. The Morgan fingerprint density at radius 2 is 1.52 bits per heavy atom. The summed E-state index contributed by atoms with van der Waals surface area (Å²) in [6.45, 7) is 17.5. The van der Waals surface area contributed by atoms with Crippen molar-refractivity contribution in [3.63, 3.8) is 0 Å². The van der Waals surface area contributed by atoms with Gasteiger partial charge in [-0.2, -0.15) is 0 Å². The van der Waals surface area contributed by atoms with E-state index >= 15 is 0 Å². The first kappa shape index (κ1) is 29.7. The summed E-state index contributed by atoms with van der Waals surface area (Å²) in [6.07, 6.45) is 9.77. The predicted molar refractivity (Wildman–Crippen MR) is 175 cm³/mol. The molecule has 0 aliphatic carbocycles. The summed E-state index contributed by atoms with van der Waals surface area (Å²) in [6, 6.07) is 21.6. The minimum atomic E-state index is -0.0806. The summed E-state index contributed by atoms with van der Waals surface area (Å²) in [7, 11) is 1.70. The Labute approximate surface area is 246 Å². The molecule has 40 heavy (non-hydrogen) atoms. The number of aromatic nitrogens is 1. The summed E-state index contributed by atoms with van der Waals surface area (Å²) < 4.78 is 7.65. The Morgan fingerprint density at radius 1 is 0.875 bits per heavy atom. The summed E-state index contributed by atoms with van der Waals surface area (Å²) in [4.78, 5) is 0. The summed E-state index contributed by atoms with van der Waals surface area (Å²) >= 11 is 6.95. The summed E-state index contributed by atoms with van der Waals surface area (Å²) in [5.74, 6) is 0.881. The Balaban J connectivity index is 1.59. The molecule has 1 aromatic heterocycles. The van der Waals surface area contributed by atoms with E-state index in [0.29, 0.717) is 0 Å². The quantitative estimate of drug-likeness (QED) is 0.126. The fraction of sp³-hybridized carbons (Fsp3) is 0.351. The minimum absolute atomic E-state index is 0.0806. The fourth-order valence-corrected chi connectivity index (χ4v) is 5.52. The molecule has 2 nitrogen and oxygen atoms in total. The third-order valence-electron chi connectivity index (χ3n) is 7.88. The van der Waals surface area contributed by atoms with Crippen molar-refractivity contribution >= 4 is 28.1 Å². The van der Waals surface area contributed by atoms with Crippen LogP contribution in [0.5, 0.6) is 5.75 Å². The molecule has 0 unspecified atom stereocenters. The lowest BCUT2D eigenvalue weighted by atomic mass is 9.96. The number of allylic oxidation sites excluding steroid dienone is 2. The third-order valence-corrected chi connectivity index (χ3v) is 8.19. The Kier molecular flexibility index (Phi) is 9.64. The van der Waals surface area contributed by atoms with E-state index in [-0.39, 0.29) is 5.54 Å². The van der Waals surface area contributed by atoms with E-state index in [1.807, 2.05) is 12.1 Å². The maximum absolute atomic E-state index is 6.95. The van der Waals surface area contributed by atoms with Crippen LogP contribution in [0.25, 0.3) is 27.6 Å². The topological polar surface area (TPSA) is 14.2 Å². The van der Waals surface area contributed by atoms with Crippen LogP contribution in [0.2, 0.25) is 5.02 Å². The highest BCUT2D eigenvalue weighted by Crippen LogP contribution is 2.39. The van der Waals surface area contributed by atoms with Crippen LogP contribution in [0.3, 0.4) is 0 Å². The van der Waals surface area contributed by atoms with Crippen molar-refractivity contribution in [2.75, 3.05) is 7.11 Å². The zero-order valence-corrected chi connectivity index (χ0v) is 25.7. The van der Waals surface area contributed by atoms with Gasteiger partial charge in [0, 0.05) is 28.2 Å². The summed E-state index contributed by atoms with van der Waals surface area (Å²) in [5, 5.41) is 1.98. The van der Waals surface area contributed by atoms with Crippen molar-refractivity contribution in [1.82, 2.24) is 4.57 Å². The molecule has 0 N–H and O–H groups in total. The fourth-order valence-electron chi connectivity index (χ4n) is 5.26. The zero-order chi connectivity index (χ0) is 28.9. The molecule has 0 radical (unpaired) electrons. The van der Waals surface area contributed by atoms with Gasteiger partial charge >= 0.3 is 0 Å². The van der Waals surface area contributed by atoms with Crippen LogP contribution in [0.15, 0.2) is 85.6 Å². The first-order chi connectivity index (χ1) is 19.1. The van der Waals surface area contributed by atoms with Crippen LogP contribution < -0.4 is 4.74 Å². The number of fused-ring (bicyclic) bond motifs is 1. The van der Waals surface area contributed by atoms with Gasteiger partial charge in [-0.3, -0.25) is 0 Å². The second-order valence-electron chi connectivity index (χ2n) is 11.9. The first-order valence-corrected chi connectivity index (χ1v) is 14.9. The van der Waals surface area contributed by atoms with Gasteiger partial charge < -0.3 is 9.30 Å². The molecule has 210 valence electrons. The maximum Gasteiger partial charge on any atom is 0.118 e. The molecule has 0 bridgehead atoms. The lowest BCUT2D eigenvalue weighted by molar-refractivity contribution is 0.410. The molecule has 0 spiro atoms. The second kappa shape index (κ2) is 13.0. The Morgan fingerprint density at radius 3 is 2.15 bits per heavy atom. The number of nitrogens with zero attached hydrogens (tertiary/aromatic N) is 1. The van der Waals surface area contributed by atoms with Crippen LogP contribution in [0, 0.1) is 0 Å². The van der Waals surface area contributed by atoms with E-state index in [1.54, 1.807) is 7.11 Å². The molecule has 0 fully saturated rings. The molecule has 3 heteroatoms. The number of methoxy groups -OCH3 is 1. The highest BCUT2D eigenvalue weighted by atomic mass is 35.5. The van der Waals surface area contributed by atoms with Crippen LogP contribution >= 0.6 is 11.6 Å². The second-order valence-corrected chi connectivity index (χ2v) is 12.3. The maximum atomic E-state index is 6.95. The third kappa shape index (κ3) is 7.09. The van der Waals surface area contributed by atoms with Crippen LogP contribution in [-0.2, 0) is 18.4 Å². The minimum Gasteiger partial charge on any atom is -0.497 e. The van der Waals surface area contributed by atoms with Gasteiger partial charge in [0.15, 0.2) is 0 Å². The molecule has 0 aliphatic rings. The van der Waals surface area contributed by atoms with Crippen LogP contribution in [0.1, 0.15) is 76.5 Å². The van der Waals surface area contributed by atoms with Gasteiger partial charge in [0.05, 0.1) is 17.6 Å². The summed E-state index contributed by atoms with van der Waals surface area (Å²) in [5.41, 5.74) is 9.61. The van der Waals surface area contributed by atoms with Gasteiger partial charge in [0.25, 0.3) is 0 Å². The van der Waals surface area contributed by atoms with E-state index in [2.05, 4.69) is 100 Å². The number of aryl methyl sites for hydroxylation is 2. The monoisotopic (exact) mass is 553 g/mol. The number of hydrogen-bond acceptors (Lipinski definition) is 1. The average molecular weight is 554 g/mol. The van der Waals surface area contributed by atoms with E-state index in [4.69, 9.17) is 16.3 Å². The smallest absolute Gasteiger partial charge is 0.118 e. The molecular formula is C37H44ClNO. The molecule has 0 saturated carbocycles. The van der Waals surface area contributed by atoms with Gasteiger partial charge in [-0.25, -0.2) is 0 Å². The van der Waals surface area contributed by atoms with Gasteiger partial charge in [-0.05, 0) is 112 Å². The van der Waals surface area contributed by atoms with Crippen molar-refractivity contribution < 1.29 is 4.74 Å². The average Bonchev–Trinajstić information content (AvgIpc) is 3.33. The van der Waals surface area contributed by atoms with Crippen LogP contribution in [0.4, 0.5) is 0 Å². The molecule has 3 aromatic carbocycles. The SMILES string of the molecule is C=C(CC)CCCCc1ccc(-c2cc3c(C(=C)CCc4ccc(OC)cc4)cn(C(C)(C)C)c3cc2Cl)cc1. The van der Waals surface area contributed by atoms with Gasteiger partial charge in [-0.1, -0.05) is 73.7 Å². The molecule has 0 atom stereocenters. The lowest BCUT2D eigenvalue weighted by Crippen LogP contribution is -2.20. The first-order valence-electron chi connectivity index (χ1n) is 14.5. The highest BCUT2D eigenvalue weighted by Gasteiger charge is 2.21. The van der Waals surface area contributed by atoms with E-state index in [0.717, 1.165) is 65.1 Å². The van der Waals surface area contributed by atoms with E-state index in [1.165, 1.54) is 40.5 Å². The lowest BCUT2D eigenvalue weighted by Gasteiger charge is -2.23. The zero-order valence-electron chi connectivity index (χ0n) is 24.9. The number of rotatable bonds is 12. The standard InChI is InChI=1S/C37H44ClNO/c1-8-26(2)11-9-10-12-28-15-19-30(20-16-28)32-23-33-34(25-39(37(4,5)6)36(33)24-35(32)38)27(3)13-14-29-17-21-31(40-7)22-18-29/h15-25H,2-3,8-14H2,1,4-7H3. The van der Waals surface area contributed by atoms with E-state index < -0.39 is 0 Å². The molecule has 0 saturated heterocycles. The molecule has 4 aromatic rings. The Bertz CT molecular complexity index is 1470. The van der Waals surface area contributed by atoms with Crippen molar-refractivity contribution in [2.45, 2.75) is 78.2 Å². The van der Waals surface area contributed by atoms with Crippen molar-refractivity contribution in [2.24, 2.45) is 0 Å². The number of unbranched alkanes of at least 4 members (excludes halogenated alkanes) is 1.